The molecule has 7 heteroatoms. The molecule has 22 heavy (non-hydrogen) atoms. The van der Waals surface area contributed by atoms with Gasteiger partial charge in [0.15, 0.2) is 0 Å². The van der Waals surface area contributed by atoms with E-state index in [2.05, 4.69) is 21.4 Å². The summed E-state index contributed by atoms with van der Waals surface area (Å²) in [6.45, 7) is 3.49. The summed E-state index contributed by atoms with van der Waals surface area (Å²) in [6.07, 6.45) is 6.61. The Morgan fingerprint density at radius 2 is 2.27 bits per heavy atom. The molecule has 0 bridgehead atoms. The van der Waals surface area contributed by atoms with E-state index in [1.807, 2.05) is 6.07 Å². The Morgan fingerprint density at radius 3 is 2.91 bits per heavy atom. The van der Waals surface area contributed by atoms with Crippen molar-refractivity contribution in [3.63, 3.8) is 0 Å². The summed E-state index contributed by atoms with van der Waals surface area (Å²) in [5, 5.41) is 29.9. The number of fused-ring (bicyclic) bond motifs is 1. The largest absolute Gasteiger partial charge is 0.489 e. The van der Waals surface area contributed by atoms with Crippen molar-refractivity contribution in [2.75, 3.05) is 6.61 Å². The van der Waals surface area contributed by atoms with Crippen molar-refractivity contribution in [3.05, 3.63) is 36.4 Å². The maximum Gasteiger partial charge on any atom is 0.138 e. The minimum atomic E-state index is -0.938. The van der Waals surface area contributed by atoms with Crippen LogP contribution < -0.4 is 4.74 Å². The molecule has 2 N–H and O–H groups in total. The quantitative estimate of drug-likeness (QED) is 0.764. The molecule has 112 valence electrons. The number of ether oxygens (including phenoxy) is 1. The van der Waals surface area contributed by atoms with Crippen LogP contribution in [0.15, 0.2) is 30.9 Å². The molecule has 0 aromatic carbocycles. The van der Waals surface area contributed by atoms with E-state index in [4.69, 9.17) is 4.74 Å². The van der Waals surface area contributed by atoms with Crippen molar-refractivity contribution in [1.82, 2.24) is 19.8 Å². The van der Waals surface area contributed by atoms with Crippen LogP contribution in [0, 0.1) is 11.3 Å². The van der Waals surface area contributed by atoms with Crippen molar-refractivity contribution < 1.29 is 9.84 Å². The fourth-order valence-corrected chi connectivity index (χ4v) is 2.14. The molecule has 3 heterocycles. The Labute approximate surface area is 126 Å². The molecule has 0 radical (unpaired) electrons. The highest BCUT2D eigenvalue weighted by Gasteiger charge is 2.17. The van der Waals surface area contributed by atoms with E-state index < -0.39 is 5.60 Å². The van der Waals surface area contributed by atoms with Gasteiger partial charge >= 0.3 is 0 Å². The molecule has 0 saturated carbocycles. The SMILES string of the molecule is CC(C)(O)COc1cc(-c2cn[nH]c2)c2c(C#N)cnn2c1. The number of pyridine rings is 1. The number of hydrogen-bond acceptors (Lipinski definition) is 5. The monoisotopic (exact) mass is 297 g/mol. The lowest BCUT2D eigenvalue weighted by atomic mass is 10.1. The summed E-state index contributed by atoms with van der Waals surface area (Å²) in [5.41, 5.74) is 1.85. The van der Waals surface area contributed by atoms with E-state index in [0.29, 0.717) is 16.8 Å². The maximum absolute atomic E-state index is 9.78. The molecule has 7 nitrogen and oxygen atoms in total. The third-order valence-electron chi connectivity index (χ3n) is 3.11. The molecule has 0 aliphatic rings. The third kappa shape index (κ3) is 2.64. The van der Waals surface area contributed by atoms with Crippen LogP contribution in [0.1, 0.15) is 19.4 Å². The van der Waals surface area contributed by atoms with Crippen LogP contribution >= 0.6 is 0 Å². The molecule has 3 aromatic rings. The zero-order valence-electron chi connectivity index (χ0n) is 12.2. The van der Waals surface area contributed by atoms with Gasteiger partial charge in [-0.2, -0.15) is 15.5 Å². The number of nitrogens with zero attached hydrogens (tertiary/aromatic N) is 4. The van der Waals surface area contributed by atoms with Crippen LogP contribution in [0.25, 0.3) is 16.6 Å². The lowest BCUT2D eigenvalue weighted by molar-refractivity contribution is 0.0283. The lowest BCUT2D eigenvalue weighted by Gasteiger charge is -2.18. The van der Waals surface area contributed by atoms with Crippen molar-refractivity contribution in [2.45, 2.75) is 19.4 Å². The topological polar surface area (TPSA) is 99.2 Å². The third-order valence-corrected chi connectivity index (χ3v) is 3.11. The number of aromatic nitrogens is 4. The molecule has 0 aliphatic carbocycles. The summed E-state index contributed by atoms with van der Waals surface area (Å²) in [4.78, 5) is 0. The van der Waals surface area contributed by atoms with E-state index in [1.165, 1.54) is 6.20 Å². The molecular formula is C15H15N5O2. The van der Waals surface area contributed by atoms with Gasteiger partial charge in [-0.1, -0.05) is 0 Å². The van der Waals surface area contributed by atoms with E-state index in [-0.39, 0.29) is 6.61 Å². The first kappa shape index (κ1) is 14.1. The van der Waals surface area contributed by atoms with Gasteiger partial charge in [0, 0.05) is 17.3 Å². The van der Waals surface area contributed by atoms with Crippen LogP contribution in [0.3, 0.4) is 0 Å². The second-order valence-electron chi connectivity index (χ2n) is 5.64. The van der Waals surface area contributed by atoms with Crippen molar-refractivity contribution in [1.29, 1.82) is 5.26 Å². The second kappa shape index (κ2) is 5.16. The van der Waals surface area contributed by atoms with Gasteiger partial charge in [-0.3, -0.25) is 5.10 Å². The van der Waals surface area contributed by atoms with Gasteiger partial charge in [0.25, 0.3) is 0 Å². The van der Waals surface area contributed by atoms with Gasteiger partial charge in [-0.15, -0.1) is 0 Å². The number of H-pyrrole nitrogens is 1. The Hall–Kier alpha value is -2.85. The van der Waals surface area contributed by atoms with Gasteiger partial charge < -0.3 is 9.84 Å². The lowest BCUT2D eigenvalue weighted by Crippen LogP contribution is -2.27. The van der Waals surface area contributed by atoms with E-state index in [1.54, 1.807) is 37.0 Å². The Kier molecular flexibility index (Phi) is 3.31. The summed E-state index contributed by atoms with van der Waals surface area (Å²) in [6, 6.07) is 3.95. The average Bonchev–Trinajstić information content (AvgIpc) is 3.12. The number of rotatable bonds is 4. The zero-order valence-corrected chi connectivity index (χ0v) is 12.2. The van der Waals surface area contributed by atoms with Crippen LogP contribution in [0.4, 0.5) is 0 Å². The predicted octanol–water partition coefficient (Wildman–Crippen LogP) is 1.75. The Bertz CT molecular complexity index is 837. The van der Waals surface area contributed by atoms with E-state index in [9.17, 15) is 10.4 Å². The summed E-state index contributed by atoms with van der Waals surface area (Å²) >= 11 is 0. The van der Waals surface area contributed by atoms with Crippen LogP contribution in [-0.2, 0) is 0 Å². The number of aromatic amines is 1. The minimum absolute atomic E-state index is 0.149. The molecule has 0 saturated heterocycles. The summed E-state index contributed by atoms with van der Waals surface area (Å²) < 4.78 is 7.23. The molecule has 0 amide bonds. The fourth-order valence-electron chi connectivity index (χ4n) is 2.14. The number of aliphatic hydroxyl groups is 1. The standard InChI is InChI=1S/C15H15N5O2/c1-15(2,21)9-22-12-3-13(11-5-17-18-6-11)14-10(4-16)7-19-20(14)8-12/h3,5-8,21H,9H2,1-2H3,(H,17,18). The van der Waals surface area contributed by atoms with Gasteiger partial charge in [0.2, 0.25) is 0 Å². The summed E-state index contributed by atoms with van der Waals surface area (Å²) in [5.74, 6) is 0.554. The Morgan fingerprint density at radius 1 is 1.45 bits per heavy atom. The van der Waals surface area contributed by atoms with Gasteiger partial charge in [0.1, 0.15) is 18.4 Å². The van der Waals surface area contributed by atoms with E-state index in [0.717, 1.165) is 11.1 Å². The fraction of sp³-hybridized carbons (Fsp3) is 0.267. The molecular weight excluding hydrogens is 282 g/mol. The molecule has 0 aliphatic heterocycles. The molecule has 0 spiro atoms. The average molecular weight is 297 g/mol. The minimum Gasteiger partial charge on any atom is -0.489 e. The van der Waals surface area contributed by atoms with Gasteiger partial charge in [-0.05, 0) is 19.9 Å². The first-order valence-corrected chi connectivity index (χ1v) is 6.74. The number of nitriles is 1. The molecule has 3 rings (SSSR count). The normalized spacial score (nSPS) is 11.5. The first-order valence-electron chi connectivity index (χ1n) is 6.74. The summed E-state index contributed by atoms with van der Waals surface area (Å²) in [7, 11) is 0. The highest BCUT2D eigenvalue weighted by Crippen LogP contribution is 2.30. The predicted molar refractivity (Wildman–Crippen MR) is 79.3 cm³/mol. The van der Waals surface area contributed by atoms with Crippen molar-refractivity contribution >= 4 is 5.52 Å². The first-order chi connectivity index (χ1) is 10.5. The molecule has 3 aromatic heterocycles. The van der Waals surface area contributed by atoms with Crippen molar-refractivity contribution in [3.8, 4) is 22.9 Å². The van der Waals surface area contributed by atoms with Crippen LogP contribution in [-0.4, -0.2) is 37.1 Å². The number of hydrogen-bond donors (Lipinski definition) is 2. The highest BCUT2D eigenvalue weighted by molar-refractivity contribution is 5.84. The van der Waals surface area contributed by atoms with Crippen molar-refractivity contribution in [2.24, 2.45) is 0 Å². The highest BCUT2D eigenvalue weighted by atomic mass is 16.5. The van der Waals surface area contributed by atoms with E-state index >= 15 is 0 Å². The number of nitrogens with one attached hydrogen (secondary N) is 1. The smallest absolute Gasteiger partial charge is 0.138 e. The van der Waals surface area contributed by atoms with Crippen LogP contribution in [0.5, 0.6) is 5.75 Å². The zero-order chi connectivity index (χ0) is 15.7. The van der Waals surface area contributed by atoms with Gasteiger partial charge in [0.05, 0.1) is 35.3 Å². The molecule has 0 atom stereocenters. The van der Waals surface area contributed by atoms with Crippen LogP contribution in [0.2, 0.25) is 0 Å². The van der Waals surface area contributed by atoms with Gasteiger partial charge in [-0.25, -0.2) is 4.52 Å². The molecule has 0 unspecified atom stereocenters. The maximum atomic E-state index is 9.78. The second-order valence-corrected chi connectivity index (χ2v) is 5.64. The Balaban J connectivity index is 2.12. The molecule has 0 fully saturated rings.